The van der Waals surface area contributed by atoms with Crippen LogP contribution < -0.4 is 0 Å². The van der Waals surface area contributed by atoms with Crippen LogP contribution in [0.4, 0.5) is 0 Å². The van der Waals surface area contributed by atoms with Crippen LogP contribution in [0.15, 0.2) is 236 Å². The first-order valence-corrected chi connectivity index (χ1v) is 21.2. The van der Waals surface area contributed by atoms with E-state index in [0.29, 0.717) is 27.6 Å². The molecule has 63 heavy (non-hydrogen) atoms. The minimum Gasteiger partial charge on any atom is -0.309 e. The molecule has 0 bridgehead atoms. The molecule has 0 saturated carbocycles. The second-order valence-electron chi connectivity index (χ2n) is 16.0. The third-order valence-electron chi connectivity index (χ3n) is 12.4. The van der Waals surface area contributed by atoms with Gasteiger partial charge in [-0.15, -0.1) is 0 Å². The van der Waals surface area contributed by atoms with Crippen LogP contribution in [-0.2, 0) is 0 Å². The predicted molar refractivity (Wildman–Crippen MR) is 266 cm³/mol. The van der Waals surface area contributed by atoms with Gasteiger partial charge in [-0.05, 0) is 130 Å². The van der Waals surface area contributed by atoms with E-state index in [1.807, 2.05) is 152 Å². The lowest BCUT2D eigenvalue weighted by Crippen LogP contribution is -1.94. The summed E-state index contributed by atoms with van der Waals surface area (Å²) >= 11 is 0. The molecule has 0 aliphatic carbocycles. The number of hydrogen-bond donors (Lipinski definition) is 0. The highest BCUT2D eigenvalue weighted by molar-refractivity contribution is 6.14. The Morgan fingerprint density at radius 2 is 0.635 bits per heavy atom. The Morgan fingerprint density at radius 3 is 1.16 bits per heavy atom. The summed E-state index contributed by atoms with van der Waals surface area (Å²) < 4.78 is 65.9. The van der Waals surface area contributed by atoms with Crippen molar-refractivity contribution in [2.45, 2.75) is 0 Å². The summed E-state index contributed by atoms with van der Waals surface area (Å²) in [6.07, 6.45) is 0. The minimum absolute atomic E-state index is 0.0157. The molecule has 0 fully saturated rings. The zero-order valence-electron chi connectivity index (χ0n) is 39.9. The fourth-order valence-electron chi connectivity index (χ4n) is 9.58. The first-order valence-electron chi connectivity index (χ1n) is 24.2. The van der Waals surface area contributed by atoms with Crippen LogP contribution in [0.1, 0.15) is 8.22 Å². The minimum atomic E-state index is -0.133. The van der Waals surface area contributed by atoms with E-state index < -0.39 is 0 Å². The average molecular weight is 808 g/mol. The number of benzene rings is 10. The Balaban J connectivity index is 1.11. The van der Waals surface area contributed by atoms with E-state index in [2.05, 4.69) is 57.7 Å². The SMILES string of the molecule is [2H]c1c(-c2ccc3c(c2)c2ccccc2n3-c2ccccc2)c([2H])c2c3c([2H])c(-c4ccc5c(c4)c4ccccc4n5-c4ccccc4)c([2H])c([2H])c3n(-c3cccc(-c4ccccc4)c3)c2c1[2H]. The number of hydrogen-bond acceptors (Lipinski definition) is 0. The predicted octanol–water partition coefficient (Wildman–Crippen LogP) is 16.0. The zero-order valence-corrected chi connectivity index (χ0v) is 33.9. The Hall–Kier alpha value is -8.40. The summed E-state index contributed by atoms with van der Waals surface area (Å²) in [5.74, 6) is 0. The van der Waals surface area contributed by atoms with Gasteiger partial charge in [-0.25, -0.2) is 0 Å². The molecule has 0 radical (unpaired) electrons. The summed E-state index contributed by atoms with van der Waals surface area (Å²) in [5, 5.41) is 4.50. The normalized spacial score (nSPS) is 13.1. The maximum atomic E-state index is 10.2. The number of para-hydroxylation sites is 4. The molecule has 0 aliphatic heterocycles. The first kappa shape index (κ1) is 29.8. The van der Waals surface area contributed by atoms with Crippen LogP contribution in [0.5, 0.6) is 0 Å². The molecule has 0 unspecified atom stereocenters. The highest BCUT2D eigenvalue weighted by Gasteiger charge is 2.19. The molecule has 10 aromatic carbocycles. The summed E-state index contributed by atoms with van der Waals surface area (Å²) in [6, 6.07) is 65.9. The van der Waals surface area contributed by atoms with Crippen LogP contribution in [0, 0.1) is 0 Å². The van der Waals surface area contributed by atoms with Gasteiger partial charge in [-0.2, -0.15) is 0 Å². The summed E-state index contributed by atoms with van der Waals surface area (Å²) in [5.41, 5.74) is 10.7. The molecule has 0 aliphatic rings. The second-order valence-corrected chi connectivity index (χ2v) is 16.0. The Kier molecular flexibility index (Phi) is 6.66. The van der Waals surface area contributed by atoms with Gasteiger partial charge < -0.3 is 13.7 Å². The van der Waals surface area contributed by atoms with Crippen LogP contribution in [-0.4, -0.2) is 13.7 Å². The van der Waals surface area contributed by atoms with Gasteiger partial charge in [-0.1, -0.05) is 139 Å². The number of aromatic nitrogens is 3. The molecule has 3 aromatic heterocycles. The van der Waals surface area contributed by atoms with Crippen molar-refractivity contribution in [3.63, 3.8) is 0 Å². The molecule has 13 aromatic rings. The molecule has 13 rings (SSSR count). The molecule has 294 valence electrons. The van der Waals surface area contributed by atoms with Gasteiger partial charge in [0.05, 0.1) is 41.3 Å². The van der Waals surface area contributed by atoms with E-state index in [0.717, 1.165) is 66.1 Å². The van der Waals surface area contributed by atoms with Gasteiger partial charge in [0, 0.05) is 49.4 Å². The largest absolute Gasteiger partial charge is 0.309 e. The highest BCUT2D eigenvalue weighted by atomic mass is 15.0. The quantitative estimate of drug-likeness (QED) is 0.159. The average Bonchev–Trinajstić information content (AvgIpc) is 4.05. The molecule has 3 heterocycles. The molecule has 0 atom stereocenters. The maximum Gasteiger partial charge on any atom is 0.0645 e. The van der Waals surface area contributed by atoms with Crippen molar-refractivity contribution in [3.8, 4) is 50.4 Å². The molecule has 3 nitrogen and oxygen atoms in total. The second kappa shape index (κ2) is 14.1. The van der Waals surface area contributed by atoms with Crippen LogP contribution in [0.3, 0.4) is 0 Å². The van der Waals surface area contributed by atoms with Gasteiger partial charge in [0.1, 0.15) is 0 Å². The molecular weight excluding hydrogens is 763 g/mol. The molecular formula is C60H39N3. The van der Waals surface area contributed by atoms with E-state index in [1.165, 1.54) is 0 Å². The summed E-state index contributed by atoms with van der Waals surface area (Å²) in [4.78, 5) is 0. The van der Waals surface area contributed by atoms with Crippen LogP contribution in [0.25, 0.3) is 116 Å². The molecule has 0 spiro atoms. The Bertz CT molecular complexity index is 4020. The zero-order chi connectivity index (χ0) is 46.7. The monoisotopic (exact) mass is 807 g/mol. The van der Waals surface area contributed by atoms with Gasteiger partial charge in [0.25, 0.3) is 0 Å². The summed E-state index contributed by atoms with van der Waals surface area (Å²) in [7, 11) is 0. The maximum absolute atomic E-state index is 10.2. The van der Waals surface area contributed by atoms with Gasteiger partial charge in [-0.3, -0.25) is 0 Å². The highest BCUT2D eigenvalue weighted by Crippen LogP contribution is 2.41. The summed E-state index contributed by atoms with van der Waals surface area (Å²) in [6.45, 7) is 0. The fraction of sp³-hybridized carbons (Fsp3) is 0. The Morgan fingerprint density at radius 1 is 0.238 bits per heavy atom. The smallest absolute Gasteiger partial charge is 0.0645 e. The third kappa shape index (κ3) is 5.60. The number of fused-ring (bicyclic) bond motifs is 9. The third-order valence-corrected chi connectivity index (χ3v) is 12.4. The van der Waals surface area contributed by atoms with E-state index in [-0.39, 0.29) is 58.4 Å². The van der Waals surface area contributed by atoms with Gasteiger partial charge >= 0.3 is 0 Å². The topological polar surface area (TPSA) is 14.8 Å². The molecule has 0 N–H and O–H groups in total. The van der Waals surface area contributed by atoms with Gasteiger partial charge in [0.15, 0.2) is 0 Å². The standard InChI is InChI=1S/C60H39N3/c1-4-15-40(16-5-1)41-17-14-22-48(35-41)63-59-33-29-44(42-27-31-57-51(36-42)49-23-10-12-25-55(49)61(57)46-18-6-2-7-19-46)38-53(59)54-39-45(30-34-60(54)63)43-28-32-58-52(37-43)50-24-11-13-26-56(50)62(58)47-20-8-3-9-21-47/h1-39H/i29D,30D,33D,34D,38D,39D. The van der Waals surface area contributed by atoms with Crippen LogP contribution >= 0.6 is 0 Å². The van der Waals surface area contributed by atoms with Gasteiger partial charge in [0.2, 0.25) is 0 Å². The van der Waals surface area contributed by atoms with E-state index in [1.54, 1.807) is 4.57 Å². The fourth-order valence-corrected chi connectivity index (χ4v) is 9.58. The van der Waals surface area contributed by atoms with Crippen molar-refractivity contribution in [1.82, 2.24) is 13.7 Å². The lowest BCUT2D eigenvalue weighted by Gasteiger charge is -2.11. The van der Waals surface area contributed by atoms with Crippen molar-refractivity contribution in [3.05, 3.63) is 236 Å². The van der Waals surface area contributed by atoms with Crippen molar-refractivity contribution in [2.75, 3.05) is 0 Å². The molecule has 0 saturated heterocycles. The van der Waals surface area contributed by atoms with Crippen molar-refractivity contribution in [2.24, 2.45) is 0 Å². The molecule has 0 amide bonds. The lowest BCUT2D eigenvalue weighted by molar-refractivity contribution is 1.18. The number of nitrogens with zero attached hydrogens (tertiary/aromatic N) is 3. The van der Waals surface area contributed by atoms with Crippen LogP contribution in [0.2, 0.25) is 0 Å². The van der Waals surface area contributed by atoms with Crippen molar-refractivity contribution < 1.29 is 8.22 Å². The van der Waals surface area contributed by atoms with E-state index >= 15 is 0 Å². The Labute approximate surface area is 373 Å². The van der Waals surface area contributed by atoms with E-state index in [4.69, 9.17) is 0 Å². The van der Waals surface area contributed by atoms with E-state index in [9.17, 15) is 8.22 Å². The number of rotatable bonds is 6. The lowest BCUT2D eigenvalue weighted by atomic mass is 9.98. The first-order chi connectivity index (χ1) is 33.8. The molecule has 3 heteroatoms. The van der Waals surface area contributed by atoms with Crippen molar-refractivity contribution in [1.29, 1.82) is 0 Å². The van der Waals surface area contributed by atoms with Crippen molar-refractivity contribution >= 4 is 65.4 Å².